The second-order valence-electron chi connectivity index (χ2n) is 6.92. The number of nitrogens with zero attached hydrogens (tertiary/aromatic N) is 2. The number of likely N-dealkylation sites (tertiary alicyclic amines) is 1. The smallest absolute Gasteiger partial charge is 0.248 e. The number of carbonyl (C=O) groups is 1. The first-order valence-corrected chi connectivity index (χ1v) is 8.05. The van der Waals surface area contributed by atoms with Crippen LogP contribution >= 0.6 is 0 Å². The van der Waals surface area contributed by atoms with Crippen LogP contribution in [0.15, 0.2) is 0 Å². The number of likely N-dealkylation sites (N-methyl/N-ethyl adjacent to an activating group) is 1. The molecule has 0 bridgehead atoms. The molecular formula is C16H30N2O2. The van der Waals surface area contributed by atoms with Gasteiger partial charge in [-0.3, -0.25) is 4.79 Å². The Morgan fingerprint density at radius 1 is 1.15 bits per heavy atom. The van der Waals surface area contributed by atoms with Gasteiger partial charge in [-0.15, -0.1) is 0 Å². The van der Waals surface area contributed by atoms with Gasteiger partial charge in [0, 0.05) is 19.1 Å². The first-order valence-electron chi connectivity index (χ1n) is 8.05. The van der Waals surface area contributed by atoms with E-state index in [1.807, 2.05) is 4.90 Å². The highest BCUT2D eigenvalue weighted by Gasteiger charge is 2.34. The predicted molar refractivity (Wildman–Crippen MR) is 80.6 cm³/mol. The number of hydrogen-bond donors (Lipinski definition) is 0. The van der Waals surface area contributed by atoms with Gasteiger partial charge in [-0.2, -0.15) is 0 Å². The highest BCUT2D eigenvalue weighted by Crippen LogP contribution is 2.26. The molecule has 1 saturated carbocycles. The third kappa shape index (κ3) is 3.73. The number of carbonyl (C=O) groups excluding carboxylic acids is 1. The Kier molecular flexibility index (Phi) is 5.44. The fourth-order valence-electron chi connectivity index (χ4n) is 3.62. The Morgan fingerprint density at radius 3 is 2.45 bits per heavy atom. The van der Waals surface area contributed by atoms with Gasteiger partial charge < -0.3 is 14.5 Å². The second-order valence-corrected chi connectivity index (χ2v) is 6.92. The van der Waals surface area contributed by atoms with Crippen molar-refractivity contribution in [3.8, 4) is 0 Å². The van der Waals surface area contributed by atoms with E-state index in [1.54, 1.807) is 0 Å². The van der Waals surface area contributed by atoms with E-state index in [9.17, 15) is 4.79 Å². The van der Waals surface area contributed by atoms with Crippen molar-refractivity contribution in [3.05, 3.63) is 0 Å². The van der Waals surface area contributed by atoms with Gasteiger partial charge in [0.25, 0.3) is 0 Å². The van der Waals surface area contributed by atoms with Crippen LogP contribution in [-0.4, -0.2) is 61.6 Å². The van der Waals surface area contributed by atoms with Gasteiger partial charge in [-0.05, 0) is 38.8 Å². The van der Waals surface area contributed by atoms with Gasteiger partial charge in [0.1, 0.15) is 6.61 Å². The lowest BCUT2D eigenvalue weighted by molar-refractivity contribution is -0.139. The lowest BCUT2D eigenvalue weighted by Gasteiger charge is -2.29. The van der Waals surface area contributed by atoms with Crippen LogP contribution in [0.5, 0.6) is 0 Å². The van der Waals surface area contributed by atoms with Gasteiger partial charge in [0.2, 0.25) is 5.91 Å². The Bertz CT molecular complexity index is 332. The molecule has 1 aliphatic carbocycles. The Morgan fingerprint density at radius 2 is 1.85 bits per heavy atom. The lowest BCUT2D eigenvalue weighted by atomic mass is 9.88. The average molecular weight is 282 g/mol. The summed E-state index contributed by atoms with van der Waals surface area (Å²) in [7, 11) is 4.19. The van der Waals surface area contributed by atoms with Crippen molar-refractivity contribution in [2.45, 2.75) is 51.7 Å². The molecule has 0 N–H and O–H groups in total. The van der Waals surface area contributed by atoms with E-state index < -0.39 is 0 Å². The minimum Gasteiger partial charge on any atom is -0.368 e. The minimum atomic E-state index is 0.166. The maximum atomic E-state index is 12.3. The van der Waals surface area contributed by atoms with Crippen LogP contribution in [0.25, 0.3) is 0 Å². The summed E-state index contributed by atoms with van der Waals surface area (Å²) in [5, 5.41) is 0. The molecule has 0 aromatic heterocycles. The van der Waals surface area contributed by atoms with Crippen LogP contribution in [0.2, 0.25) is 0 Å². The summed E-state index contributed by atoms with van der Waals surface area (Å²) in [5.74, 6) is 1.31. The maximum absolute atomic E-state index is 12.3. The molecule has 4 atom stereocenters. The lowest BCUT2D eigenvalue weighted by Crippen LogP contribution is -2.38. The van der Waals surface area contributed by atoms with Crippen molar-refractivity contribution >= 4 is 5.91 Å². The zero-order valence-corrected chi connectivity index (χ0v) is 13.5. The van der Waals surface area contributed by atoms with E-state index in [2.05, 4.69) is 32.8 Å². The molecule has 2 aliphatic rings. The highest BCUT2D eigenvalue weighted by molar-refractivity contribution is 5.77. The molecule has 2 fully saturated rings. The molecular weight excluding hydrogens is 252 g/mol. The molecule has 2 rings (SSSR count). The van der Waals surface area contributed by atoms with Gasteiger partial charge in [0.15, 0.2) is 0 Å². The monoisotopic (exact) mass is 282 g/mol. The zero-order chi connectivity index (χ0) is 14.7. The fourth-order valence-corrected chi connectivity index (χ4v) is 3.62. The van der Waals surface area contributed by atoms with Gasteiger partial charge in [0.05, 0.1) is 6.10 Å². The minimum absolute atomic E-state index is 0.166. The van der Waals surface area contributed by atoms with E-state index in [0.717, 1.165) is 19.5 Å². The van der Waals surface area contributed by atoms with Crippen LogP contribution in [-0.2, 0) is 9.53 Å². The van der Waals surface area contributed by atoms with Crippen LogP contribution in [0.1, 0.15) is 39.5 Å². The van der Waals surface area contributed by atoms with Crippen LogP contribution in [0.3, 0.4) is 0 Å². The predicted octanol–water partition coefficient (Wildman–Crippen LogP) is 1.99. The van der Waals surface area contributed by atoms with Crippen LogP contribution in [0.4, 0.5) is 0 Å². The van der Waals surface area contributed by atoms with E-state index >= 15 is 0 Å². The SMILES string of the molecule is C[C@@H]1CCCC[C@@H]1OCC(=O)N1C[C@@H](C)[C@@H](N(C)C)C1. The molecule has 1 heterocycles. The molecule has 4 heteroatoms. The van der Waals surface area contributed by atoms with E-state index in [-0.39, 0.29) is 18.6 Å². The third-order valence-electron chi connectivity index (χ3n) is 5.04. The quantitative estimate of drug-likeness (QED) is 0.790. The summed E-state index contributed by atoms with van der Waals surface area (Å²) in [5.41, 5.74) is 0. The summed E-state index contributed by atoms with van der Waals surface area (Å²) in [6.45, 7) is 6.44. The van der Waals surface area contributed by atoms with Gasteiger partial charge >= 0.3 is 0 Å². The number of amides is 1. The molecule has 20 heavy (non-hydrogen) atoms. The number of hydrogen-bond acceptors (Lipinski definition) is 3. The van der Waals surface area contributed by atoms with Crippen molar-refractivity contribution in [1.29, 1.82) is 0 Å². The molecule has 1 saturated heterocycles. The van der Waals surface area contributed by atoms with Crippen molar-refractivity contribution in [2.24, 2.45) is 11.8 Å². The zero-order valence-electron chi connectivity index (χ0n) is 13.5. The van der Waals surface area contributed by atoms with E-state index in [1.165, 1.54) is 19.3 Å². The topological polar surface area (TPSA) is 32.8 Å². The molecule has 1 amide bonds. The van der Waals surface area contributed by atoms with E-state index in [4.69, 9.17) is 4.74 Å². The standard InChI is InChI=1S/C16H30N2O2/c1-12-7-5-6-8-15(12)20-11-16(19)18-9-13(2)14(10-18)17(3)4/h12-15H,5-11H2,1-4H3/t12-,13-,14+,15+/m1/s1. The summed E-state index contributed by atoms with van der Waals surface area (Å²) in [4.78, 5) is 16.5. The first-order chi connectivity index (χ1) is 9.49. The molecule has 116 valence electrons. The molecule has 0 radical (unpaired) electrons. The fraction of sp³-hybridized carbons (Fsp3) is 0.938. The van der Waals surface area contributed by atoms with Crippen molar-refractivity contribution in [3.63, 3.8) is 0 Å². The summed E-state index contributed by atoms with van der Waals surface area (Å²) in [6.07, 6.45) is 5.20. The van der Waals surface area contributed by atoms with Crippen LogP contribution in [0, 0.1) is 11.8 Å². The van der Waals surface area contributed by atoms with Gasteiger partial charge in [-0.1, -0.05) is 26.7 Å². The maximum Gasteiger partial charge on any atom is 0.248 e. The largest absolute Gasteiger partial charge is 0.368 e. The first kappa shape index (κ1) is 15.8. The van der Waals surface area contributed by atoms with Crippen molar-refractivity contribution in [2.75, 3.05) is 33.8 Å². The Balaban J connectivity index is 1.78. The Hall–Kier alpha value is -0.610. The number of ether oxygens (including phenoxy) is 1. The molecule has 1 aliphatic heterocycles. The second kappa shape index (κ2) is 6.90. The van der Waals surface area contributed by atoms with Gasteiger partial charge in [-0.25, -0.2) is 0 Å². The average Bonchev–Trinajstić information content (AvgIpc) is 2.80. The van der Waals surface area contributed by atoms with Crippen molar-refractivity contribution in [1.82, 2.24) is 9.80 Å². The highest BCUT2D eigenvalue weighted by atomic mass is 16.5. The van der Waals surface area contributed by atoms with Crippen LogP contribution < -0.4 is 0 Å². The molecule has 0 spiro atoms. The normalized spacial score (nSPS) is 34.8. The van der Waals surface area contributed by atoms with E-state index in [0.29, 0.717) is 17.9 Å². The summed E-state index contributed by atoms with van der Waals surface area (Å²) in [6, 6.07) is 0.479. The molecule has 4 nitrogen and oxygen atoms in total. The number of rotatable bonds is 4. The third-order valence-corrected chi connectivity index (χ3v) is 5.04. The molecule has 0 unspecified atom stereocenters. The Labute approximate surface area is 123 Å². The summed E-state index contributed by atoms with van der Waals surface area (Å²) >= 11 is 0. The van der Waals surface area contributed by atoms with Crippen molar-refractivity contribution < 1.29 is 9.53 Å². The summed E-state index contributed by atoms with van der Waals surface area (Å²) < 4.78 is 5.90. The molecule has 0 aromatic carbocycles. The molecule has 0 aromatic rings.